The van der Waals surface area contributed by atoms with Crippen LogP contribution in [0.4, 0.5) is 0 Å². The van der Waals surface area contributed by atoms with E-state index in [9.17, 15) is 9.90 Å². The Balaban J connectivity index is 1.76. The summed E-state index contributed by atoms with van der Waals surface area (Å²) in [5, 5.41) is 10.7. The van der Waals surface area contributed by atoms with Gasteiger partial charge in [-0.05, 0) is 18.6 Å². The molecule has 9 heteroatoms. The first-order valence-electron chi connectivity index (χ1n) is 9.29. The van der Waals surface area contributed by atoms with Crippen molar-refractivity contribution in [2.24, 2.45) is 5.73 Å². The zero-order chi connectivity index (χ0) is 21.3. The molecule has 3 N–H and O–H groups in total. The van der Waals surface area contributed by atoms with E-state index < -0.39 is 5.91 Å². The number of carbonyl (C=O) groups excluding carboxylic acids is 1. The van der Waals surface area contributed by atoms with Gasteiger partial charge in [0.15, 0.2) is 0 Å². The molecule has 1 unspecified atom stereocenters. The molecule has 0 spiro atoms. The molecule has 3 aromatic heterocycles. The second kappa shape index (κ2) is 8.43. The Morgan fingerprint density at radius 3 is 2.83 bits per heavy atom. The lowest BCUT2D eigenvalue weighted by atomic mass is 10.1. The maximum Gasteiger partial charge on any atom is 0.262 e. The van der Waals surface area contributed by atoms with Crippen molar-refractivity contribution in [1.29, 1.82) is 0 Å². The molecular formula is C21H19ClN4O3S. The lowest BCUT2D eigenvalue weighted by Crippen LogP contribution is -2.13. The van der Waals surface area contributed by atoms with Crippen LogP contribution < -0.4 is 10.5 Å². The van der Waals surface area contributed by atoms with Crippen LogP contribution in [0.3, 0.4) is 0 Å². The highest BCUT2D eigenvalue weighted by atomic mass is 35.5. The van der Waals surface area contributed by atoms with Gasteiger partial charge in [0.25, 0.3) is 5.91 Å². The highest BCUT2D eigenvalue weighted by Gasteiger charge is 2.22. The van der Waals surface area contributed by atoms with Gasteiger partial charge in [0.1, 0.15) is 33.6 Å². The minimum Gasteiger partial charge on any atom is -0.484 e. The van der Waals surface area contributed by atoms with E-state index in [4.69, 9.17) is 22.1 Å². The van der Waals surface area contributed by atoms with Gasteiger partial charge in [-0.25, -0.2) is 4.98 Å². The number of ether oxygens (including phenoxy) is 1. The third-order valence-corrected chi connectivity index (χ3v) is 6.16. The van der Waals surface area contributed by atoms with Crippen LogP contribution in [0.2, 0.25) is 5.02 Å². The first-order chi connectivity index (χ1) is 14.5. The van der Waals surface area contributed by atoms with E-state index in [1.807, 2.05) is 29.7 Å². The Morgan fingerprint density at radius 1 is 1.33 bits per heavy atom. The van der Waals surface area contributed by atoms with Gasteiger partial charge in [-0.1, -0.05) is 36.7 Å². The van der Waals surface area contributed by atoms with E-state index in [2.05, 4.69) is 9.97 Å². The zero-order valence-electron chi connectivity index (χ0n) is 16.1. The van der Waals surface area contributed by atoms with Crippen LogP contribution in [0, 0.1) is 0 Å². The number of benzene rings is 1. The number of carbonyl (C=O) groups is 1. The number of thiophene rings is 1. The maximum absolute atomic E-state index is 12.1. The third kappa shape index (κ3) is 3.77. The number of hydrogen-bond donors (Lipinski definition) is 2. The summed E-state index contributed by atoms with van der Waals surface area (Å²) in [5.74, 6) is -0.176. The van der Waals surface area contributed by atoms with E-state index in [0.29, 0.717) is 38.3 Å². The van der Waals surface area contributed by atoms with Gasteiger partial charge in [-0.3, -0.25) is 14.3 Å². The topological polar surface area (TPSA) is 103 Å². The zero-order valence-corrected chi connectivity index (χ0v) is 17.7. The molecule has 0 radical (unpaired) electrons. The second-order valence-corrected chi connectivity index (χ2v) is 8.05. The number of imidazole rings is 1. The van der Waals surface area contributed by atoms with Crippen molar-refractivity contribution in [3.8, 4) is 10.8 Å². The summed E-state index contributed by atoms with van der Waals surface area (Å²) in [5.41, 5.74) is 8.42. The summed E-state index contributed by atoms with van der Waals surface area (Å²) in [4.78, 5) is 20.9. The van der Waals surface area contributed by atoms with Gasteiger partial charge in [-0.15, -0.1) is 11.3 Å². The molecule has 1 aromatic carbocycles. The average Bonchev–Trinajstić information content (AvgIpc) is 3.36. The molecular weight excluding hydrogens is 424 g/mol. The smallest absolute Gasteiger partial charge is 0.262 e. The predicted octanol–water partition coefficient (Wildman–Crippen LogP) is 4.26. The molecule has 0 aliphatic carbocycles. The van der Waals surface area contributed by atoms with Crippen LogP contribution in [0.1, 0.15) is 40.4 Å². The van der Waals surface area contributed by atoms with E-state index >= 15 is 0 Å². The summed E-state index contributed by atoms with van der Waals surface area (Å²) in [6, 6.07) is 11.0. The van der Waals surface area contributed by atoms with Crippen LogP contribution in [0.15, 0.2) is 48.9 Å². The maximum atomic E-state index is 12.1. The first-order valence-corrected chi connectivity index (χ1v) is 10.5. The highest BCUT2D eigenvalue weighted by Crippen LogP contribution is 2.37. The van der Waals surface area contributed by atoms with Crippen molar-refractivity contribution in [2.45, 2.75) is 26.1 Å². The molecule has 0 aliphatic heterocycles. The van der Waals surface area contributed by atoms with Crippen LogP contribution in [0.25, 0.3) is 16.0 Å². The Morgan fingerprint density at radius 2 is 2.13 bits per heavy atom. The largest absolute Gasteiger partial charge is 0.484 e. The number of halogens is 1. The Labute approximate surface area is 181 Å². The number of nitrogens with zero attached hydrogens (tertiary/aromatic N) is 3. The van der Waals surface area contributed by atoms with Gasteiger partial charge in [0.05, 0.1) is 24.0 Å². The van der Waals surface area contributed by atoms with Crippen LogP contribution in [-0.4, -0.2) is 25.5 Å². The molecule has 1 atom stereocenters. The number of nitrogens with two attached hydrogens (primary N) is 1. The SMILES string of the molecule is CCC(Oc1cc(-n2cnc3cnc(CO)cc32)sc1C(N)=O)c1ccccc1Cl. The standard InChI is InChI=1S/C21H19ClN4O3S/c1-2-17(13-5-3-4-6-14(13)22)29-18-8-19(30-20(18)21(23)28)26-11-25-15-9-24-12(10-27)7-16(15)26/h3-9,11,17,27H,2,10H2,1H3,(H2,23,28). The summed E-state index contributed by atoms with van der Waals surface area (Å²) in [6.07, 6.45) is 3.57. The van der Waals surface area contributed by atoms with E-state index in [1.54, 1.807) is 30.7 Å². The molecule has 7 nitrogen and oxygen atoms in total. The average molecular weight is 443 g/mol. The second-order valence-electron chi connectivity index (χ2n) is 6.62. The van der Waals surface area contributed by atoms with Crippen molar-refractivity contribution < 1.29 is 14.6 Å². The number of amides is 1. The number of aliphatic hydroxyl groups is 1. The molecule has 3 heterocycles. The minimum absolute atomic E-state index is 0.178. The molecule has 0 fully saturated rings. The van der Waals surface area contributed by atoms with E-state index in [-0.39, 0.29) is 12.7 Å². The molecule has 0 saturated carbocycles. The number of aromatic nitrogens is 3. The molecule has 0 saturated heterocycles. The van der Waals surface area contributed by atoms with Gasteiger partial charge in [-0.2, -0.15) is 0 Å². The van der Waals surface area contributed by atoms with Crippen LogP contribution >= 0.6 is 22.9 Å². The summed E-state index contributed by atoms with van der Waals surface area (Å²) >= 11 is 7.55. The lowest BCUT2D eigenvalue weighted by molar-refractivity contribution is 0.0997. The van der Waals surface area contributed by atoms with Crippen LogP contribution in [-0.2, 0) is 6.61 Å². The summed E-state index contributed by atoms with van der Waals surface area (Å²) in [6.45, 7) is 1.81. The van der Waals surface area contributed by atoms with Crippen molar-refractivity contribution in [2.75, 3.05) is 0 Å². The summed E-state index contributed by atoms with van der Waals surface area (Å²) in [7, 11) is 0. The molecule has 0 bridgehead atoms. The van der Waals surface area contributed by atoms with Crippen molar-refractivity contribution >= 4 is 39.9 Å². The monoisotopic (exact) mass is 442 g/mol. The van der Waals surface area contributed by atoms with Crippen LogP contribution in [0.5, 0.6) is 5.75 Å². The lowest BCUT2D eigenvalue weighted by Gasteiger charge is -2.18. The quantitative estimate of drug-likeness (QED) is 0.445. The Kier molecular flexibility index (Phi) is 5.72. The van der Waals surface area contributed by atoms with Gasteiger partial charge in [0, 0.05) is 16.7 Å². The molecule has 1 amide bonds. The number of fused-ring (bicyclic) bond motifs is 1. The fourth-order valence-corrected chi connectivity index (χ4v) is 4.40. The number of rotatable bonds is 7. The number of hydrogen-bond acceptors (Lipinski definition) is 6. The van der Waals surface area contributed by atoms with Gasteiger partial charge >= 0.3 is 0 Å². The van der Waals surface area contributed by atoms with Crippen molar-refractivity contribution in [3.05, 3.63) is 70.1 Å². The number of aliphatic hydroxyl groups excluding tert-OH is 1. The summed E-state index contributed by atoms with van der Waals surface area (Å²) < 4.78 is 8.01. The normalized spacial score (nSPS) is 12.2. The number of primary amides is 1. The molecule has 4 aromatic rings. The van der Waals surface area contributed by atoms with Gasteiger partial charge in [0.2, 0.25) is 0 Å². The first kappa shape index (κ1) is 20.3. The predicted molar refractivity (Wildman–Crippen MR) is 116 cm³/mol. The highest BCUT2D eigenvalue weighted by molar-refractivity contribution is 7.16. The number of pyridine rings is 1. The minimum atomic E-state index is -0.572. The Hall–Kier alpha value is -2.94. The van der Waals surface area contributed by atoms with E-state index in [1.165, 1.54) is 11.3 Å². The molecule has 154 valence electrons. The fraction of sp³-hybridized carbons (Fsp3) is 0.190. The molecule has 4 rings (SSSR count). The molecule has 30 heavy (non-hydrogen) atoms. The Bertz CT molecular complexity index is 1220. The van der Waals surface area contributed by atoms with Crippen molar-refractivity contribution in [1.82, 2.24) is 14.5 Å². The molecule has 0 aliphatic rings. The van der Waals surface area contributed by atoms with Crippen molar-refractivity contribution in [3.63, 3.8) is 0 Å². The fourth-order valence-electron chi connectivity index (χ4n) is 3.21. The van der Waals surface area contributed by atoms with E-state index in [0.717, 1.165) is 11.1 Å². The third-order valence-electron chi connectivity index (χ3n) is 4.69. The van der Waals surface area contributed by atoms with Gasteiger partial charge < -0.3 is 15.6 Å².